The molecule has 0 saturated heterocycles. The Morgan fingerprint density at radius 3 is 2.07 bits per heavy atom. The highest BCUT2D eigenvalue weighted by molar-refractivity contribution is 5.80. The molecule has 4 nitrogen and oxygen atoms in total. The van der Waals surface area contributed by atoms with Gasteiger partial charge in [-0.2, -0.15) is 0 Å². The normalized spacial score (nSPS) is 57.1. The summed E-state index contributed by atoms with van der Waals surface area (Å²) in [5.41, 5.74) is 11.3. The summed E-state index contributed by atoms with van der Waals surface area (Å²) in [4.78, 5) is 11.3. The molecule has 0 radical (unpaired) electrons. The highest BCUT2D eigenvalue weighted by Crippen LogP contribution is 2.58. The highest BCUT2D eigenvalue weighted by atomic mass is 16.4. The molecule has 0 aromatic rings. The molecule has 0 heterocycles. The van der Waals surface area contributed by atoms with Gasteiger partial charge < -0.3 is 16.6 Å². The van der Waals surface area contributed by atoms with E-state index in [-0.39, 0.29) is 17.4 Å². The Hall–Kier alpha value is -0.610. The molecule has 0 aromatic carbocycles. The maximum atomic E-state index is 11.3. The van der Waals surface area contributed by atoms with E-state index in [1.807, 2.05) is 0 Å². The van der Waals surface area contributed by atoms with E-state index in [1.54, 1.807) is 0 Å². The fourth-order valence-corrected chi connectivity index (χ4v) is 4.45. The van der Waals surface area contributed by atoms with E-state index in [1.165, 1.54) is 0 Å². The quantitative estimate of drug-likeness (QED) is 0.581. The lowest BCUT2D eigenvalue weighted by atomic mass is 9.46. The van der Waals surface area contributed by atoms with Crippen LogP contribution in [0.25, 0.3) is 0 Å². The Morgan fingerprint density at radius 1 is 1.13 bits per heavy atom. The second kappa shape index (κ2) is 2.55. The van der Waals surface area contributed by atoms with Crippen LogP contribution in [0.4, 0.5) is 0 Å². The number of nitrogens with two attached hydrogens (primary N) is 2. The van der Waals surface area contributed by atoms with Gasteiger partial charge in [-0.3, -0.25) is 4.79 Å². The second-order valence-corrected chi connectivity index (χ2v) is 5.94. The Bertz CT molecular complexity index is 313. The monoisotopic (exact) mass is 210 g/mol. The summed E-state index contributed by atoms with van der Waals surface area (Å²) in [6.07, 6.45) is 4.64. The first-order valence-electron chi connectivity index (χ1n) is 5.75. The summed E-state index contributed by atoms with van der Waals surface area (Å²) in [5.74, 6) is 0.0147. The zero-order valence-electron chi connectivity index (χ0n) is 8.78. The predicted octanol–water partition coefficient (Wildman–Crippen LogP) is 0.306. The molecule has 2 atom stereocenters. The van der Waals surface area contributed by atoms with Gasteiger partial charge in [0.15, 0.2) is 0 Å². The Labute approximate surface area is 89.0 Å². The SMILES string of the molecule is NC12CC3C[C@@H](C1)C(N)(C(=O)O)[C@@H](C3)C2. The van der Waals surface area contributed by atoms with Gasteiger partial charge in [-0.05, 0) is 49.9 Å². The summed E-state index contributed by atoms with van der Waals surface area (Å²) >= 11 is 0. The fraction of sp³-hybridized carbons (Fsp3) is 0.909. The van der Waals surface area contributed by atoms with Crippen LogP contribution in [0.3, 0.4) is 0 Å². The molecule has 0 aromatic heterocycles. The molecule has 0 spiro atoms. The average molecular weight is 210 g/mol. The molecule has 15 heavy (non-hydrogen) atoms. The van der Waals surface area contributed by atoms with Gasteiger partial charge in [-0.15, -0.1) is 0 Å². The van der Waals surface area contributed by atoms with E-state index in [2.05, 4.69) is 0 Å². The van der Waals surface area contributed by atoms with Gasteiger partial charge in [0, 0.05) is 5.54 Å². The third kappa shape index (κ3) is 1.06. The zero-order chi connectivity index (χ0) is 10.8. The molecule has 4 fully saturated rings. The maximum Gasteiger partial charge on any atom is 0.324 e. The summed E-state index contributed by atoms with van der Waals surface area (Å²) in [7, 11) is 0. The van der Waals surface area contributed by atoms with Crippen molar-refractivity contribution in [3.05, 3.63) is 0 Å². The van der Waals surface area contributed by atoms with Crippen molar-refractivity contribution in [1.82, 2.24) is 0 Å². The molecular weight excluding hydrogens is 192 g/mol. The van der Waals surface area contributed by atoms with Crippen molar-refractivity contribution in [1.29, 1.82) is 0 Å². The number of aliphatic carboxylic acids is 1. The lowest BCUT2D eigenvalue weighted by Crippen LogP contribution is -2.72. The van der Waals surface area contributed by atoms with E-state index in [0.717, 1.165) is 32.1 Å². The predicted molar refractivity (Wildman–Crippen MR) is 55.0 cm³/mol. The Morgan fingerprint density at radius 2 is 1.67 bits per heavy atom. The molecule has 4 heteroatoms. The van der Waals surface area contributed by atoms with Crippen LogP contribution in [0, 0.1) is 17.8 Å². The summed E-state index contributed by atoms with van der Waals surface area (Å²) in [6, 6.07) is 0. The molecule has 4 bridgehead atoms. The molecule has 0 unspecified atom stereocenters. The van der Waals surface area contributed by atoms with Crippen LogP contribution >= 0.6 is 0 Å². The minimum Gasteiger partial charge on any atom is -0.480 e. The molecule has 5 N–H and O–H groups in total. The van der Waals surface area contributed by atoms with Gasteiger partial charge in [-0.1, -0.05) is 0 Å². The van der Waals surface area contributed by atoms with Crippen LogP contribution in [0.2, 0.25) is 0 Å². The number of hydrogen-bond donors (Lipinski definition) is 3. The molecule has 4 aliphatic carbocycles. The average Bonchev–Trinajstić information content (AvgIpc) is 2.10. The maximum absolute atomic E-state index is 11.3. The smallest absolute Gasteiger partial charge is 0.324 e. The van der Waals surface area contributed by atoms with Gasteiger partial charge in [-0.25, -0.2) is 0 Å². The summed E-state index contributed by atoms with van der Waals surface area (Å²) < 4.78 is 0. The van der Waals surface area contributed by atoms with Crippen molar-refractivity contribution in [2.45, 2.75) is 43.2 Å². The number of carboxylic acids is 1. The van der Waals surface area contributed by atoms with Crippen LogP contribution < -0.4 is 11.5 Å². The van der Waals surface area contributed by atoms with E-state index < -0.39 is 11.5 Å². The van der Waals surface area contributed by atoms with Crippen molar-refractivity contribution >= 4 is 5.97 Å². The van der Waals surface area contributed by atoms with Crippen LogP contribution in [0.15, 0.2) is 0 Å². The highest BCUT2D eigenvalue weighted by Gasteiger charge is 2.62. The van der Waals surface area contributed by atoms with Crippen LogP contribution in [0.5, 0.6) is 0 Å². The van der Waals surface area contributed by atoms with Crippen molar-refractivity contribution in [2.75, 3.05) is 0 Å². The number of rotatable bonds is 1. The van der Waals surface area contributed by atoms with E-state index in [0.29, 0.717) is 5.92 Å². The third-order valence-corrected chi connectivity index (χ3v) is 4.96. The van der Waals surface area contributed by atoms with E-state index in [9.17, 15) is 9.90 Å². The third-order valence-electron chi connectivity index (χ3n) is 4.96. The molecule has 4 saturated carbocycles. The van der Waals surface area contributed by atoms with Crippen molar-refractivity contribution < 1.29 is 9.90 Å². The Balaban J connectivity index is 2.01. The standard InChI is InChI=1S/C11H18N2O2/c12-10-3-6-1-7(4-10)11(13,9(14)15)8(2-6)5-10/h6-8H,1-5,12-13H2,(H,14,15)/t6?,7-,8-,10?,11?/m0/s1. The lowest BCUT2D eigenvalue weighted by molar-refractivity contribution is -0.161. The Kier molecular flexibility index (Phi) is 1.63. The van der Waals surface area contributed by atoms with Gasteiger partial charge in [0.2, 0.25) is 0 Å². The largest absolute Gasteiger partial charge is 0.480 e. The molecule has 4 rings (SSSR count). The molecular formula is C11H18N2O2. The summed E-state index contributed by atoms with van der Waals surface area (Å²) in [6.45, 7) is 0. The number of carbonyl (C=O) groups is 1. The zero-order valence-corrected chi connectivity index (χ0v) is 8.78. The van der Waals surface area contributed by atoms with Crippen LogP contribution in [-0.2, 0) is 4.79 Å². The fourth-order valence-electron chi connectivity index (χ4n) is 4.45. The first-order valence-corrected chi connectivity index (χ1v) is 5.75. The number of hydrogen-bond acceptors (Lipinski definition) is 3. The molecule has 84 valence electrons. The van der Waals surface area contributed by atoms with Gasteiger partial charge in [0.05, 0.1) is 0 Å². The molecule has 0 amide bonds. The summed E-state index contributed by atoms with van der Waals surface area (Å²) in [5, 5.41) is 9.32. The van der Waals surface area contributed by atoms with Crippen molar-refractivity contribution in [3.8, 4) is 0 Å². The van der Waals surface area contributed by atoms with Crippen molar-refractivity contribution in [3.63, 3.8) is 0 Å². The van der Waals surface area contributed by atoms with E-state index >= 15 is 0 Å². The first kappa shape index (κ1) is 9.60. The van der Waals surface area contributed by atoms with Gasteiger partial charge >= 0.3 is 5.97 Å². The number of carboxylic acid groups (broad SMARTS) is 1. The topological polar surface area (TPSA) is 89.3 Å². The van der Waals surface area contributed by atoms with Crippen molar-refractivity contribution in [2.24, 2.45) is 29.2 Å². The van der Waals surface area contributed by atoms with Gasteiger partial charge in [0.1, 0.15) is 5.54 Å². The van der Waals surface area contributed by atoms with Crippen LogP contribution in [-0.4, -0.2) is 22.2 Å². The van der Waals surface area contributed by atoms with E-state index in [4.69, 9.17) is 11.5 Å². The first-order chi connectivity index (χ1) is 6.94. The lowest BCUT2D eigenvalue weighted by Gasteiger charge is -2.61. The molecule has 4 aliphatic rings. The minimum absolute atomic E-state index is 0.102. The molecule has 0 aliphatic heterocycles. The van der Waals surface area contributed by atoms with Gasteiger partial charge in [0.25, 0.3) is 0 Å². The second-order valence-electron chi connectivity index (χ2n) is 5.94. The van der Waals surface area contributed by atoms with Crippen LogP contribution in [0.1, 0.15) is 32.1 Å². The minimum atomic E-state index is -0.986.